The highest BCUT2D eigenvalue weighted by atomic mass is 16.6. The predicted octanol–water partition coefficient (Wildman–Crippen LogP) is 2.54. The van der Waals surface area contributed by atoms with Gasteiger partial charge in [0.15, 0.2) is 5.75 Å². The summed E-state index contributed by atoms with van der Waals surface area (Å²) in [6, 6.07) is 13.1. The lowest BCUT2D eigenvalue weighted by molar-refractivity contribution is -0.385. The predicted molar refractivity (Wildman–Crippen MR) is 95.9 cm³/mol. The third kappa shape index (κ3) is 3.59. The highest BCUT2D eigenvalue weighted by Crippen LogP contribution is 2.34. The third-order valence-corrected chi connectivity index (χ3v) is 4.77. The summed E-state index contributed by atoms with van der Waals surface area (Å²) in [5.41, 5.74) is 0.665. The van der Waals surface area contributed by atoms with Gasteiger partial charge < -0.3 is 14.7 Å². The molecule has 1 N–H and O–H groups in total. The number of carboxylic acid groups (broad SMARTS) is 1. The van der Waals surface area contributed by atoms with E-state index in [1.165, 1.54) is 24.1 Å². The molecule has 1 amide bonds. The number of nitrogens with zero attached hydrogens (tertiary/aromatic N) is 2. The first-order chi connectivity index (χ1) is 12.9. The van der Waals surface area contributed by atoms with Crippen LogP contribution in [0.5, 0.6) is 5.75 Å². The maximum absolute atomic E-state index is 12.8. The quantitative estimate of drug-likeness (QED) is 0.640. The first-order valence-corrected chi connectivity index (χ1v) is 8.31. The molecule has 8 heteroatoms. The molecule has 1 heterocycles. The Morgan fingerprint density at radius 2 is 1.89 bits per heavy atom. The van der Waals surface area contributed by atoms with Crippen molar-refractivity contribution in [1.29, 1.82) is 0 Å². The van der Waals surface area contributed by atoms with Gasteiger partial charge in [0.2, 0.25) is 0 Å². The molecule has 3 rings (SSSR count). The van der Waals surface area contributed by atoms with Crippen LogP contribution in [0.1, 0.15) is 21.8 Å². The molecule has 2 unspecified atom stereocenters. The number of hydrogen-bond acceptors (Lipinski definition) is 5. The fourth-order valence-corrected chi connectivity index (χ4v) is 3.41. The maximum atomic E-state index is 12.8. The Bertz CT molecular complexity index is 883. The largest absolute Gasteiger partial charge is 0.490 e. The molecule has 0 aromatic heterocycles. The number of carbonyl (C=O) groups excluding carboxylic acids is 1. The van der Waals surface area contributed by atoms with Gasteiger partial charge in [-0.2, -0.15) is 0 Å². The Morgan fingerprint density at radius 1 is 1.19 bits per heavy atom. The second-order valence-electron chi connectivity index (χ2n) is 6.32. The zero-order chi connectivity index (χ0) is 19.6. The lowest BCUT2D eigenvalue weighted by Crippen LogP contribution is -2.30. The molecule has 1 saturated heterocycles. The van der Waals surface area contributed by atoms with Crippen molar-refractivity contribution in [2.45, 2.75) is 5.92 Å². The first kappa shape index (κ1) is 18.4. The third-order valence-electron chi connectivity index (χ3n) is 4.77. The average molecular weight is 370 g/mol. The molecule has 0 aliphatic carbocycles. The minimum absolute atomic E-state index is 0.0492. The number of hydrogen-bond donors (Lipinski definition) is 1. The summed E-state index contributed by atoms with van der Waals surface area (Å²) in [4.78, 5) is 36.5. The second kappa shape index (κ2) is 7.45. The molecular formula is C19H18N2O6. The molecule has 140 valence electrons. The maximum Gasteiger partial charge on any atom is 0.311 e. The molecule has 1 aliphatic heterocycles. The van der Waals surface area contributed by atoms with Crippen LogP contribution in [-0.2, 0) is 4.79 Å². The number of amides is 1. The molecule has 0 radical (unpaired) electrons. The van der Waals surface area contributed by atoms with E-state index in [1.807, 2.05) is 30.3 Å². The van der Waals surface area contributed by atoms with Crippen LogP contribution >= 0.6 is 0 Å². The number of benzene rings is 2. The standard InChI is InChI=1S/C19H18N2O6/c1-27-17-8-7-13(9-16(17)21(25)26)18(22)20-10-14(15(11-20)19(23)24)12-5-3-2-4-6-12/h2-9,14-15H,10-11H2,1H3,(H,23,24). The molecule has 27 heavy (non-hydrogen) atoms. The first-order valence-electron chi connectivity index (χ1n) is 8.31. The van der Waals surface area contributed by atoms with E-state index >= 15 is 0 Å². The monoisotopic (exact) mass is 370 g/mol. The smallest absolute Gasteiger partial charge is 0.311 e. The molecule has 2 aromatic carbocycles. The van der Waals surface area contributed by atoms with E-state index in [4.69, 9.17) is 4.74 Å². The van der Waals surface area contributed by atoms with Crippen LogP contribution in [0, 0.1) is 16.0 Å². The highest BCUT2D eigenvalue weighted by molar-refractivity contribution is 5.96. The molecule has 0 bridgehead atoms. The lowest BCUT2D eigenvalue weighted by atomic mass is 9.89. The summed E-state index contributed by atoms with van der Waals surface area (Å²) in [6.07, 6.45) is 0. The zero-order valence-electron chi connectivity index (χ0n) is 14.6. The van der Waals surface area contributed by atoms with Crippen LogP contribution in [0.25, 0.3) is 0 Å². The Morgan fingerprint density at radius 3 is 2.48 bits per heavy atom. The number of rotatable bonds is 5. The molecular weight excluding hydrogens is 352 g/mol. The number of aliphatic carboxylic acids is 1. The van der Waals surface area contributed by atoms with Crippen molar-refractivity contribution in [2.24, 2.45) is 5.92 Å². The van der Waals surface area contributed by atoms with Crippen LogP contribution in [0.2, 0.25) is 0 Å². The average Bonchev–Trinajstić information content (AvgIpc) is 3.13. The van der Waals surface area contributed by atoms with Crippen molar-refractivity contribution in [1.82, 2.24) is 4.90 Å². The number of carbonyl (C=O) groups is 2. The lowest BCUT2D eigenvalue weighted by Gasteiger charge is -2.17. The normalized spacial score (nSPS) is 18.9. The topological polar surface area (TPSA) is 110 Å². The van der Waals surface area contributed by atoms with Gasteiger partial charge in [-0.15, -0.1) is 0 Å². The zero-order valence-corrected chi connectivity index (χ0v) is 14.6. The summed E-state index contributed by atoms with van der Waals surface area (Å²) in [5.74, 6) is -2.42. The molecule has 1 fully saturated rings. The van der Waals surface area contributed by atoms with Gasteiger partial charge in [-0.1, -0.05) is 30.3 Å². The molecule has 0 saturated carbocycles. The fraction of sp³-hybridized carbons (Fsp3) is 0.263. The van der Waals surface area contributed by atoms with Gasteiger partial charge in [-0.3, -0.25) is 19.7 Å². The number of carboxylic acids is 1. The van der Waals surface area contributed by atoms with Crippen molar-refractivity contribution < 1.29 is 24.4 Å². The van der Waals surface area contributed by atoms with Crippen molar-refractivity contribution >= 4 is 17.6 Å². The van der Waals surface area contributed by atoms with Gasteiger partial charge in [-0.05, 0) is 17.7 Å². The number of nitro groups is 1. The Labute approximate surface area is 155 Å². The number of ether oxygens (including phenoxy) is 1. The Kier molecular flexibility index (Phi) is 5.07. The molecule has 8 nitrogen and oxygen atoms in total. The van der Waals surface area contributed by atoms with Gasteiger partial charge in [0.25, 0.3) is 5.91 Å². The van der Waals surface area contributed by atoms with Gasteiger partial charge in [0, 0.05) is 30.6 Å². The summed E-state index contributed by atoms with van der Waals surface area (Å²) < 4.78 is 4.95. The van der Waals surface area contributed by atoms with E-state index in [9.17, 15) is 24.8 Å². The van der Waals surface area contributed by atoms with Gasteiger partial charge in [0.05, 0.1) is 18.0 Å². The van der Waals surface area contributed by atoms with Gasteiger partial charge in [-0.25, -0.2) is 0 Å². The Balaban J connectivity index is 1.88. The van der Waals surface area contributed by atoms with E-state index < -0.39 is 22.7 Å². The van der Waals surface area contributed by atoms with Crippen molar-refractivity contribution in [2.75, 3.05) is 20.2 Å². The summed E-state index contributed by atoms with van der Waals surface area (Å²) in [7, 11) is 1.31. The van der Waals surface area contributed by atoms with Crippen LogP contribution in [0.4, 0.5) is 5.69 Å². The van der Waals surface area contributed by atoms with Gasteiger partial charge in [0.1, 0.15) is 0 Å². The van der Waals surface area contributed by atoms with Gasteiger partial charge >= 0.3 is 11.7 Å². The Hall–Kier alpha value is -3.42. The van der Waals surface area contributed by atoms with E-state index in [1.54, 1.807) is 0 Å². The summed E-state index contributed by atoms with van der Waals surface area (Å²) in [6.45, 7) is 0.285. The van der Waals surface area contributed by atoms with Crippen LogP contribution in [0.15, 0.2) is 48.5 Å². The summed E-state index contributed by atoms with van der Waals surface area (Å²) >= 11 is 0. The highest BCUT2D eigenvalue weighted by Gasteiger charge is 2.40. The van der Waals surface area contributed by atoms with Crippen molar-refractivity contribution in [3.8, 4) is 5.75 Å². The molecule has 2 aromatic rings. The van der Waals surface area contributed by atoms with Crippen molar-refractivity contribution in [3.05, 3.63) is 69.8 Å². The molecule has 1 aliphatic rings. The summed E-state index contributed by atoms with van der Waals surface area (Å²) in [5, 5.41) is 20.7. The number of nitro benzene ring substituents is 1. The van der Waals surface area contributed by atoms with Crippen molar-refractivity contribution in [3.63, 3.8) is 0 Å². The van der Waals surface area contributed by atoms with Crippen LogP contribution < -0.4 is 4.74 Å². The SMILES string of the molecule is COc1ccc(C(=O)N2CC(C(=O)O)C(c3ccccc3)C2)cc1[N+](=O)[O-]. The second-order valence-corrected chi connectivity index (χ2v) is 6.32. The van der Waals surface area contributed by atoms with Crippen LogP contribution in [-0.4, -0.2) is 47.0 Å². The van der Waals surface area contributed by atoms with E-state index in [2.05, 4.69) is 0 Å². The minimum Gasteiger partial charge on any atom is -0.490 e. The number of methoxy groups -OCH3 is 1. The number of likely N-dealkylation sites (tertiary alicyclic amines) is 1. The van der Waals surface area contributed by atoms with E-state index in [0.29, 0.717) is 0 Å². The van der Waals surface area contributed by atoms with E-state index in [-0.39, 0.29) is 36.0 Å². The fourth-order valence-electron chi connectivity index (χ4n) is 3.41. The van der Waals surface area contributed by atoms with Crippen LogP contribution in [0.3, 0.4) is 0 Å². The molecule has 0 spiro atoms. The molecule has 2 atom stereocenters. The minimum atomic E-state index is -0.972. The van der Waals surface area contributed by atoms with E-state index in [0.717, 1.165) is 11.6 Å².